The molecule has 1 rings (SSSR count). The fourth-order valence-electron chi connectivity index (χ4n) is 1.56. The number of hydrogen-bond acceptors (Lipinski definition) is 3. The fraction of sp³-hybridized carbons (Fsp3) is 0.462. The summed E-state index contributed by atoms with van der Waals surface area (Å²) in [7, 11) is 0. The molecule has 0 aliphatic heterocycles. The van der Waals surface area contributed by atoms with Crippen molar-refractivity contribution in [3.63, 3.8) is 0 Å². The van der Waals surface area contributed by atoms with Crippen LogP contribution in [0.4, 0.5) is 11.4 Å². The van der Waals surface area contributed by atoms with Crippen molar-refractivity contribution in [1.82, 2.24) is 0 Å². The lowest BCUT2D eigenvalue weighted by Crippen LogP contribution is -2.19. The molecule has 0 bridgehead atoms. The summed E-state index contributed by atoms with van der Waals surface area (Å²) in [5.41, 5.74) is 1.20. The van der Waals surface area contributed by atoms with Crippen molar-refractivity contribution in [2.45, 2.75) is 33.6 Å². The molecule has 1 aromatic carbocycles. The van der Waals surface area contributed by atoms with E-state index in [1.165, 1.54) is 6.07 Å². The lowest BCUT2D eigenvalue weighted by molar-refractivity contribution is -0.385. The maximum atomic E-state index is 11.7. The Morgan fingerprint density at radius 3 is 2.61 bits per heavy atom. The number of carbonyl (C=O) groups is 1. The first kappa shape index (κ1) is 14.2. The number of anilines is 1. The van der Waals surface area contributed by atoms with E-state index in [2.05, 4.69) is 5.32 Å². The third kappa shape index (κ3) is 3.29. The van der Waals surface area contributed by atoms with Gasteiger partial charge in [-0.15, -0.1) is 0 Å². The highest BCUT2D eigenvalue weighted by Crippen LogP contribution is 2.24. The van der Waals surface area contributed by atoms with Crippen LogP contribution in [0.2, 0.25) is 0 Å². The average molecular weight is 250 g/mol. The molecule has 1 aromatic rings. The minimum absolute atomic E-state index is 0.0550. The van der Waals surface area contributed by atoms with E-state index < -0.39 is 4.92 Å². The number of aryl methyl sites for hydroxylation is 1. The highest BCUT2D eigenvalue weighted by molar-refractivity contribution is 5.92. The summed E-state index contributed by atoms with van der Waals surface area (Å²) in [5.74, 6) is -0.217. The molecule has 1 amide bonds. The van der Waals surface area contributed by atoms with E-state index in [0.29, 0.717) is 17.7 Å². The van der Waals surface area contributed by atoms with Gasteiger partial charge in [0, 0.05) is 23.2 Å². The molecule has 0 aliphatic rings. The van der Waals surface area contributed by atoms with Gasteiger partial charge in [0.05, 0.1) is 4.92 Å². The Morgan fingerprint density at radius 2 is 2.11 bits per heavy atom. The fourth-order valence-corrected chi connectivity index (χ4v) is 1.56. The second-order valence-electron chi connectivity index (χ2n) is 4.25. The first-order valence-electron chi connectivity index (χ1n) is 6.07. The van der Waals surface area contributed by atoms with E-state index in [0.717, 1.165) is 6.42 Å². The predicted molar refractivity (Wildman–Crippen MR) is 70.6 cm³/mol. The highest BCUT2D eigenvalue weighted by atomic mass is 16.6. The van der Waals surface area contributed by atoms with Crippen LogP contribution in [-0.2, 0) is 11.2 Å². The number of nitrogens with zero attached hydrogens (tertiary/aromatic N) is 1. The number of nitro benzene ring substituents is 1. The van der Waals surface area contributed by atoms with Gasteiger partial charge in [-0.05, 0) is 18.9 Å². The van der Waals surface area contributed by atoms with E-state index in [4.69, 9.17) is 0 Å². The van der Waals surface area contributed by atoms with E-state index >= 15 is 0 Å². The normalized spacial score (nSPS) is 11.9. The Kier molecular flexibility index (Phi) is 4.83. The zero-order chi connectivity index (χ0) is 13.7. The predicted octanol–water partition coefficient (Wildman–Crippen LogP) is 3.14. The number of hydrogen-bond donors (Lipinski definition) is 1. The van der Waals surface area contributed by atoms with Crippen molar-refractivity contribution in [3.8, 4) is 0 Å². The number of amides is 1. The lowest BCUT2D eigenvalue weighted by atomic mass is 10.1. The van der Waals surface area contributed by atoms with E-state index in [1.54, 1.807) is 12.1 Å². The molecular weight excluding hydrogens is 232 g/mol. The maximum Gasteiger partial charge on any atom is 0.274 e. The zero-order valence-electron chi connectivity index (χ0n) is 10.9. The molecule has 0 spiro atoms. The maximum absolute atomic E-state index is 11.7. The summed E-state index contributed by atoms with van der Waals surface area (Å²) < 4.78 is 0. The van der Waals surface area contributed by atoms with E-state index in [-0.39, 0.29) is 17.5 Å². The van der Waals surface area contributed by atoms with Crippen molar-refractivity contribution in [3.05, 3.63) is 33.9 Å². The minimum atomic E-state index is -0.419. The smallest absolute Gasteiger partial charge is 0.274 e. The molecule has 0 saturated carbocycles. The molecule has 18 heavy (non-hydrogen) atoms. The molecule has 98 valence electrons. The molecule has 0 saturated heterocycles. The molecule has 5 nitrogen and oxygen atoms in total. The molecule has 0 radical (unpaired) electrons. The van der Waals surface area contributed by atoms with Crippen LogP contribution in [0.3, 0.4) is 0 Å². The van der Waals surface area contributed by atoms with Gasteiger partial charge < -0.3 is 5.32 Å². The largest absolute Gasteiger partial charge is 0.326 e. The Bertz CT molecular complexity index is 458. The van der Waals surface area contributed by atoms with Crippen LogP contribution in [-0.4, -0.2) is 10.8 Å². The van der Waals surface area contributed by atoms with Gasteiger partial charge in [-0.25, -0.2) is 0 Å². The third-order valence-electron chi connectivity index (χ3n) is 2.99. The van der Waals surface area contributed by atoms with Gasteiger partial charge >= 0.3 is 0 Å². The first-order chi connectivity index (χ1) is 8.49. The standard InChI is InChI=1S/C13H18N2O3/c1-4-9(3)13(16)14-11-7-6-10(5-2)12(8-11)15(17)18/h6-9H,4-5H2,1-3H3,(H,14,16)/t9-/m0/s1. The minimum Gasteiger partial charge on any atom is -0.326 e. The van der Waals surface area contributed by atoms with Gasteiger partial charge in [-0.1, -0.05) is 26.8 Å². The molecule has 0 fully saturated rings. The Balaban J connectivity index is 2.95. The summed E-state index contributed by atoms with van der Waals surface area (Å²) in [5, 5.41) is 13.6. The third-order valence-corrected chi connectivity index (χ3v) is 2.99. The summed E-state index contributed by atoms with van der Waals surface area (Å²) >= 11 is 0. The van der Waals surface area contributed by atoms with Crippen LogP contribution < -0.4 is 5.32 Å². The van der Waals surface area contributed by atoms with Crippen LogP contribution in [0, 0.1) is 16.0 Å². The van der Waals surface area contributed by atoms with Gasteiger partial charge in [0.15, 0.2) is 0 Å². The molecule has 5 heteroatoms. The molecular formula is C13H18N2O3. The van der Waals surface area contributed by atoms with Gasteiger partial charge in [-0.3, -0.25) is 14.9 Å². The Hall–Kier alpha value is -1.91. The van der Waals surface area contributed by atoms with Crippen molar-refractivity contribution >= 4 is 17.3 Å². The number of benzene rings is 1. The molecule has 1 N–H and O–H groups in total. The van der Waals surface area contributed by atoms with Crippen LogP contribution in [0.25, 0.3) is 0 Å². The average Bonchev–Trinajstić information content (AvgIpc) is 2.37. The summed E-state index contributed by atoms with van der Waals surface area (Å²) in [4.78, 5) is 22.2. The highest BCUT2D eigenvalue weighted by Gasteiger charge is 2.15. The van der Waals surface area contributed by atoms with Crippen LogP contribution in [0.5, 0.6) is 0 Å². The van der Waals surface area contributed by atoms with Crippen molar-refractivity contribution < 1.29 is 9.72 Å². The SMILES string of the molecule is CCc1ccc(NC(=O)[C@@H](C)CC)cc1[N+](=O)[O-]. The zero-order valence-corrected chi connectivity index (χ0v) is 10.9. The summed E-state index contributed by atoms with van der Waals surface area (Å²) in [6.07, 6.45) is 1.33. The van der Waals surface area contributed by atoms with Crippen LogP contribution >= 0.6 is 0 Å². The summed E-state index contributed by atoms with van der Waals surface area (Å²) in [6.45, 7) is 5.61. The Labute approximate surface area is 106 Å². The number of carbonyl (C=O) groups excluding carboxylic acids is 1. The van der Waals surface area contributed by atoms with E-state index in [1.807, 2.05) is 20.8 Å². The number of nitro groups is 1. The van der Waals surface area contributed by atoms with Gasteiger partial charge in [0.25, 0.3) is 5.69 Å². The van der Waals surface area contributed by atoms with Crippen molar-refractivity contribution in [2.24, 2.45) is 5.92 Å². The lowest BCUT2D eigenvalue weighted by Gasteiger charge is -2.10. The monoisotopic (exact) mass is 250 g/mol. The molecule has 0 heterocycles. The van der Waals surface area contributed by atoms with Crippen molar-refractivity contribution in [2.75, 3.05) is 5.32 Å². The molecule has 0 unspecified atom stereocenters. The number of rotatable bonds is 5. The second-order valence-corrected chi connectivity index (χ2v) is 4.25. The van der Waals surface area contributed by atoms with Gasteiger partial charge in [0.2, 0.25) is 5.91 Å². The molecule has 1 atom stereocenters. The second kappa shape index (κ2) is 6.14. The van der Waals surface area contributed by atoms with Crippen molar-refractivity contribution in [1.29, 1.82) is 0 Å². The van der Waals surface area contributed by atoms with Gasteiger partial charge in [-0.2, -0.15) is 0 Å². The molecule has 0 aliphatic carbocycles. The van der Waals surface area contributed by atoms with Gasteiger partial charge in [0.1, 0.15) is 0 Å². The topological polar surface area (TPSA) is 72.2 Å². The molecule has 0 aromatic heterocycles. The van der Waals surface area contributed by atoms with Crippen LogP contribution in [0.15, 0.2) is 18.2 Å². The summed E-state index contributed by atoms with van der Waals surface area (Å²) in [6, 6.07) is 4.80. The Morgan fingerprint density at radius 1 is 1.44 bits per heavy atom. The quantitative estimate of drug-likeness (QED) is 0.644. The number of nitrogens with one attached hydrogen (secondary N) is 1. The van der Waals surface area contributed by atoms with Crippen LogP contribution in [0.1, 0.15) is 32.8 Å². The van der Waals surface area contributed by atoms with E-state index in [9.17, 15) is 14.9 Å². The first-order valence-corrected chi connectivity index (χ1v) is 6.07.